The van der Waals surface area contributed by atoms with Crippen molar-refractivity contribution in [3.63, 3.8) is 0 Å². The SMILES string of the molecule is Fc1c(Cl)nc(-c2cc(Cl)c3c(c2)OCO3)nc1Cl. The van der Waals surface area contributed by atoms with Crippen molar-refractivity contribution in [2.45, 2.75) is 0 Å². The van der Waals surface area contributed by atoms with Crippen LogP contribution in [0.2, 0.25) is 15.3 Å². The van der Waals surface area contributed by atoms with E-state index in [1.54, 1.807) is 12.1 Å². The Kier molecular flexibility index (Phi) is 3.12. The number of rotatable bonds is 1. The van der Waals surface area contributed by atoms with Gasteiger partial charge in [-0.3, -0.25) is 0 Å². The number of aromatic nitrogens is 2. The topological polar surface area (TPSA) is 44.2 Å². The van der Waals surface area contributed by atoms with Crippen LogP contribution in [-0.4, -0.2) is 16.8 Å². The van der Waals surface area contributed by atoms with E-state index in [-0.39, 0.29) is 22.9 Å². The molecule has 8 heteroatoms. The Morgan fingerprint density at radius 3 is 2.42 bits per heavy atom. The first-order valence-corrected chi connectivity index (χ1v) is 6.17. The van der Waals surface area contributed by atoms with E-state index in [1.165, 1.54) is 0 Å². The zero-order valence-electron chi connectivity index (χ0n) is 9.08. The molecule has 2 heterocycles. The second-order valence-corrected chi connectivity index (χ2v) is 4.76. The van der Waals surface area contributed by atoms with E-state index in [0.29, 0.717) is 22.1 Å². The average Bonchev–Trinajstić information content (AvgIpc) is 2.84. The van der Waals surface area contributed by atoms with Gasteiger partial charge in [-0.15, -0.1) is 0 Å². The summed E-state index contributed by atoms with van der Waals surface area (Å²) in [6.45, 7) is 0.0876. The van der Waals surface area contributed by atoms with Gasteiger partial charge in [0.1, 0.15) is 0 Å². The summed E-state index contributed by atoms with van der Waals surface area (Å²) in [5.41, 5.74) is 0.498. The lowest BCUT2D eigenvalue weighted by molar-refractivity contribution is 0.174. The molecular formula is C11H4Cl3FN2O2. The lowest BCUT2D eigenvalue weighted by Crippen LogP contribution is -1.95. The van der Waals surface area contributed by atoms with E-state index >= 15 is 0 Å². The Hall–Kier alpha value is -1.30. The Morgan fingerprint density at radius 1 is 1.05 bits per heavy atom. The van der Waals surface area contributed by atoms with Gasteiger partial charge in [0.05, 0.1) is 5.02 Å². The molecule has 0 radical (unpaired) electrons. The number of benzene rings is 1. The van der Waals surface area contributed by atoms with E-state index in [4.69, 9.17) is 44.3 Å². The van der Waals surface area contributed by atoms with Crippen molar-refractivity contribution in [2.24, 2.45) is 0 Å². The summed E-state index contributed by atoms with van der Waals surface area (Å²) in [6.07, 6.45) is 0. The molecular weight excluding hydrogens is 317 g/mol. The third-order valence-corrected chi connectivity index (χ3v) is 3.24. The number of nitrogens with zero attached hydrogens (tertiary/aromatic N) is 2. The summed E-state index contributed by atoms with van der Waals surface area (Å²) in [5.74, 6) is 0.197. The van der Waals surface area contributed by atoms with Crippen molar-refractivity contribution >= 4 is 34.8 Å². The fourth-order valence-corrected chi connectivity index (χ4v) is 2.27. The minimum absolute atomic E-state index is 0.0876. The fourth-order valence-electron chi connectivity index (χ4n) is 1.62. The van der Waals surface area contributed by atoms with Gasteiger partial charge >= 0.3 is 0 Å². The first-order chi connectivity index (χ1) is 9.06. The maximum Gasteiger partial charge on any atom is 0.231 e. The van der Waals surface area contributed by atoms with E-state index in [9.17, 15) is 4.39 Å². The molecule has 1 aliphatic rings. The smallest absolute Gasteiger partial charge is 0.231 e. The molecule has 0 aliphatic carbocycles. The van der Waals surface area contributed by atoms with Gasteiger partial charge in [-0.2, -0.15) is 0 Å². The van der Waals surface area contributed by atoms with Gasteiger partial charge in [-0.1, -0.05) is 34.8 Å². The van der Waals surface area contributed by atoms with Gasteiger partial charge in [0.25, 0.3) is 0 Å². The summed E-state index contributed by atoms with van der Waals surface area (Å²) in [6, 6.07) is 3.18. The third-order valence-electron chi connectivity index (χ3n) is 2.46. The zero-order valence-corrected chi connectivity index (χ0v) is 11.4. The maximum absolute atomic E-state index is 13.3. The molecule has 0 atom stereocenters. The lowest BCUT2D eigenvalue weighted by atomic mass is 10.2. The van der Waals surface area contributed by atoms with E-state index < -0.39 is 5.82 Å². The molecule has 0 amide bonds. The molecule has 0 N–H and O–H groups in total. The molecule has 1 aromatic heterocycles. The molecule has 1 aromatic carbocycles. The highest BCUT2D eigenvalue weighted by atomic mass is 35.5. The van der Waals surface area contributed by atoms with Gasteiger partial charge < -0.3 is 9.47 Å². The predicted octanol–water partition coefficient (Wildman–Crippen LogP) is 3.97. The number of hydrogen-bond acceptors (Lipinski definition) is 4. The molecule has 0 bridgehead atoms. The van der Waals surface area contributed by atoms with E-state index in [2.05, 4.69) is 9.97 Å². The molecule has 0 saturated carbocycles. The number of halogens is 4. The van der Waals surface area contributed by atoms with Crippen molar-refractivity contribution in [3.8, 4) is 22.9 Å². The van der Waals surface area contributed by atoms with Crippen LogP contribution >= 0.6 is 34.8 Å². The van der Waals surface area contributed by atoms with E-state index in [1.807, 2.05) is 0 Å². The summed E-state index contributed by atoms with van der Waals surface area (Å²) < 4.78 is 23.7. The minimum atomic E-state index is -0.862. The Bertz CT molecular complexity index is 658. The quantitative estimate of drug-likeness (QED) is 0.745. The van der Waals surface area contributed by atoms with Crippen LogP contribution in [0.1, 0.15) is 0 Å². The van der Waals surface area contributed by atoms with Gasteiger partial charge in [0.2, 0.25) is 6.79 Å². The van der Waals surface area contributed by atoms with Crippen LogP contribution in [0.25, 0.3) is 11.4 Å². The molecule has 4 nitrogen and oxygen atoms in total. The Morgan fingerprint density at radius 2 is 1.74 bits per heavy atom. The van der Waals surface area contributed by atoms with Crippen molar-refractivity contribution < 1.29 is 13.9 Å². The lowest BCUT2D eigenvalue weighted by Gasteiger charge is -2.05. The normalized spacial score (nSPS) is 12.8. The molecule has 2 aromatic rings. The highest BCUT2D eigenvalue weighted by Crippen LogP contribution is 2.42. The van der Waals surface area contributed by atoms with Crippen molar-refractivity contribution in [2.75, 3.05) is 6.79 Å². The van der Waals surface area contributed by atoms with Crippen molar-refractivity contribution in [1.29, 1.82) is 0 Å². The fraction of sp³-hybridized carbons (Fsp3) is 0.0909. The molecule has 3 rings (SSSR count). The van der Waals surface area contributed by atoms with Crippen LogP contribution in [0, 0.1) is 5.82 Å². The van der Waals surface area contributed by atoms with Gasteiger partial charge in [0, 0.05) is 5.56 Å². The van der Waals surface area contributed by atoms with Crippen LogP contribution in [-0.2, 0) is 0 Å². The molecule has 1 aliphatic heterocycles. The third kappa shape index (κ3) is 2.18. The average molecular weight is 322 g/mol. The molecule has 0 unspecified atom stereocenters. The van der Waals surface area contributed by atoms with Gasteiger partial charge in [-0.25, -0.2) is 14.4 Å². The van der Waals surface area contributed by atoms with Crippen molar-refractivity contribution in [1.82, 2.24) is 9.97 Å². The summed E-state index contributed by atoms with van der Waals surface area (Å²) >= 11 is 17.3. The van der Waals surface area contributed by atoms with Crippen LogP contribution in [0.15, 0.2) is 12.1 Å². The zero-order chi connectivity index (χ0) is 13.6. The van der Waals surface area contributed by atoms with Gasteiger partial charge in [-0.05, 0) is 12.1 Å². The second-order valence-electron chi connectivity index (χ2n) is 3.63. The Labute approximate surface area is 122 Å². The van der Waals surface area contributed by atoms with Gasteiger partial charge in [0.15, 0.2) is 33.4 Å². The van der Waals surface area contributed by atoms with Crippen LogP contribution in [0.3, 0.4) is 0 Å². The largest absolute Gasteiger partial charge is 0.454 e. The van der Waals surface area contributed by atoms with Crippen LogP contribution in [0.5, 0.6) is 11.5 Å². The highest BCUT2D eigenvalue weighted by Gasteiger charge is 2.21. The maximum atomic E-state index is 13.3. The van der Waals surface area contributed by atoms with Crippen molar-refractivity contribution in [3.05, 3.63) is 33.3 Å². The van der Waals surface area contributed by atoms with Crippen LogP contribution < -0.4 is 9.47 Å². The number of fused-ring (bicyclic) bond motifs is 1. The monoisotopic (exact) mass is 320 g/mol. The van der Waals surface area contributed by atoms with E-state index in [0.717, 1.165) is 0 Å². The predicted molar refractivity (Wildman–Crippen MR) is 68.6 cm³/mol. The first-order valence-electron chi connectivity index (χ1n) is 5.04. The summed E-state index contributed by atoms with van der Waals surface area (Å²) in [4.78, 5) is 7.62. The highest BCUT2D eigenvalue weighted by molar-refractivity contribution is 6.34. The molecule has 0 spiro atoms. The molecule has 98 valence electrons. The Balaban J connectivity index is 2.15. The van der Waals surface area contributed by atoms with Crippen LogP contribution in [0.4, 0.5) is 4.39 Å². The summed E-state index contributed by atoms with van der Waals surface area (Å²) in [7, 11) is 0. The summed E-state index contributed by atoms with van der Waals surface area (Å²) in [5, 5.41) is -0.377. The molecule has 0 fully saturated rings. The molecule has 19 heavy (non-hydrogen) atoms. The molecule has 0 saturated heterocycles. The minimum Gasteiger partial charge on any atom is -0.454 e. The number of hydrogen-bond donors (Lipinski definition) is 0. The standard InChI is InChI=1S/C11H4Cl3FN2O2/c12-5-1-4(2-6-8(5)19-3-18-6)11-16-9(13)7(15)10(14)17-11/h1-2H,3H2. The number of ether oxygens (including phenoxy) is 2. The first kappa shape index (κ1) is 12.7. The second kappa shape index (κ2) is 4.67.